The van der Waals surface area contributed by atoms with E-state index in [0.29, 0.717) is 5.56 Å². The van der Waals surface area contributed by atoms with Crippen LogP contribution in [0.1, 0.15) is 10.4 Å². The normalized spacial score (nSPS) is 9.00. The number of hydrogen-bond donors (Lipinski definition) is 2. The Morgan fingerprint density at radius 2 is 2.25 bits per heavy atom. The topological polar surface area (TPSA) is 85.1 Å². The SMILES string of the molecule is NC(=O)NC(=O)c1cccnc1. The number of rotatable bonds is 1. The average Bonchev–Trinajstić information content (AvgIpc) is 2.05. The second kappa shape index (κ2) is 3.47. The zero-order valence-corrected chi connectivity index (χ0v) is 6.15. The number of imide groups is 1. The molecule has 3 N–H and O–H groups in total. The molecular weight excluding hydrogens is 158 g/mol. The molecule has 5 heteroatoms. The predicted octanol–water partition coefficient (Wildman–Crippen LogP) is -0.110. The molecule has 0 aliphatic heterocycles. The van der Waals surface area contributed by atoms with Crippen LogP contribution in [0.25, 0.3) is 0 Å². The number of pyridine rings is 1. The quantitative estimate of drug-likeness (QED) is 0.608. The van der Waals surface area contributed by atoms with Crippen LogP contribution in [0.15, 0.2) is 24.5 Å². The van der Waals surface area contributed by atoms with Gasteiger partial charge >= 0.3 is 6.03 Å². The number of nitrogens with two attached hydrogens (primary N) is 1. The Balaban J connectivity index is 2.73. The standard InChI is InChI=1S/C7H7N3O2/c8-7(12)10-6(11)5-2-1-3-9-4-5/h1-4H,(H3,8,10,11,12). The van der Waals surface area contributed by atoms with Crippen LogP contribution in [0.2, 0.25) is 0 Å². The van der Waals surface area contributed by atoms with Gasteiger partial charge in [0.25, 0.3) is 5.91 Å². The molecule has 5 nitrogen and oxygen atoms in total. The molecule has 1 aromatic rings. The fourth-order valence-electron chi connectivity index (χ4n) is 0.681. The molecule has 1 rings (SSSR count). The summed E-state index contributed by atoms with van der Waals surface area (Å²) in [7, 11) is 0. The zero-order chi connectivity index (χ0) is 8.97. The van der Waals surface area contributed by atoms with Gasteiger partial charge in [0.2, 0.25) is 0 Å². The first-order valence-electron chi connectivity index (χ1n) is 3.21. The molecule has 12 heavy (non-hydrogen) atoms. The van der Waals surface area contributed by atoms with Crippen LogP contribution in [0, 0.1) is 0 Å². The lowest BCUT2D eigenvalue weighted by Gasteiger charge is -1.98. The van der Waals surface area contributed by atoms with E-state index in [2.05, 4.69) is 4.98 Å². The third-order valence-corrected chi connectivity index (χ3v) is 1.16. The number of hydrogen-bond acceptors (Lipinski definition) is 3. The molecule has 0 fully saturated rings. The summed E-state index contributed by atoms with van der Waals surface area (Å²) in [4.78, 5) is 25.0. The van der Waals surface area contributed by atoms with Gasteiger partial charge in [0.05, 0.1) is 5.56 Å². The largest absolute Gasteiger partial charge is 0.351 e. The van der Waals surface area contributed by atoms with Crippen molar-refractivity contribution in [3.63, 3.8) is 0 Å². The van der Waals surface area contributed by atoms with E-state index in [1.54, 1.807) is 6.07 Å². The third-order valence-electron chi connectivity index (χ3n) is 1.16. The van der Waals surface area contributed by atoms with E-state index in [1.807, 2.05) is 5.32 Å². The number of urea groups is 1. The van der Waals surface area contributed by atoms with Crippen LogP contribution >= 0.6 is 0 Å². The fourth-order valence-corrected chi connectivity index (χ4v) is 0.681. The maximum atomic E-state index is 11.0. The number of carbonyl (C=O) groups excluding carboxylic acids is 2. The number of primary amides is 1. The molecule has 0 radical (unpaired) electrons. The lowest BCUT2D eigenvalue weighted by atomic mass is 10.3. The zero-order valence-electron chi connectivity index (χ0n) is 6.15. The van der Waals surface area contributed by atoms with E-state index in [1.165, 1.54) is 18.5 Å². The maximum Gasteiger partial charge on any atom is 0.319 e. The van der Waals surface area contributed by atoms with E-state index in [4.69, 9.17) is 5.73 Å². The first-order valence-corrected chi connectivity index (χ1v) is 3.21. The maximum absolute atomic E-state index is 11.0. The summed E-state index contributed by atoms with van der Waals surface area (Å²) in [5, 5.41) is 1.92. The molecule has 3 amide bonds. The Kier molecular flexibility index (Phi) is 2.37. The summed E-state index contributed by atoms with van der Waals surface area (Å²) in [6.45, 7) is 0. The highest BCUT2D eigenvalue weighted by atomic mass is 16.2. The summed E-state index contributed by atoms with van der Waals surface area (Å²) < 4.78 is 0. The number of nitrogens with zero attached hydrogens (tertiary/aromatic N) is 1. The fraction of sp³-hybridized carbons (Fsp3) is 0. The Hall–Kier alpha value is -1.91. The summed E-state index contributed by atoms with van der Waals surface area (Å²) >= 11 is 0. The van der Waals surface area contributed by atoms with Crippen molar-refractivity contribution in [1.82, 2.24) is 10.3 Å². The molecule has 0 aliphatic rings. The monoisotopic (exact) mass is 165 g/mol. The molecule has 0 aromatic carbocycles. The van der Waals surface area contributed by atoms with Crippen molar-refractivity contribution in [2.24, 2.45) is 5.73 Å². The molecule has 62 valence electrons. The Morgan fingerprint density at radius 3 is 2.75 bits per heavy atom. The van der Waals surface area contributed by atoms with Crippen molar-refractivity contribution in [2.75, 3.05) is 0 Å². The van der Waals surface area contributed by atoms with Crippen molar-refractivity contribution in [3.05, 3.63) is 30.1 Å². The molecule has 0 saturated carbocycles. The summed E-state index contributed by atoms with van der Waals surface area (Å²) in [5.41, 5.74) is 5.04. The number of carbonyl (C=O) groups is 2. The third kappa shape index (κ3) is 2.05. The summed E-state index contributed by atoms with van der Waals surface area (Å²) in [6, 6.07) is 2.25. The van der Waals surface area contributed by atoms with Crippen molar-refractivity contribution in [3.8, 4) is 0 Å². The molecule has 1 heterocycles. The smallest absolute Gasteiger partial charge is 0.319 e. The second-order valence-corrected chi connectivity index (χ2v) is 2.06. The highest BCUT2D eigenvalue weighted by Gasteiger charge is 2.05. The van der Waals surface area contributed by atoms with Gasteiger partial charge in [-0.25, -0.2) is 4.79 Å². The van der Waals surface area contributed by atoms with Crippen LogP contribution < -0.4 is 11.1 Å². The van der Waals surface area contributed by atoms with Crippen LogP contribution in [0.3, 0.4) is 0 Å². The van der Waals surface area contributed by atoms with Crippen molar-refractivity contribution in [1.29, 1.82) is 0 Å². The van der Waals surface area contributed by atoms with Crippen molar-refractivity contribution >= 4 is 11.9 Å². The molecule has 0 spiro atoms. The molecule has 0 atom stereocenters. The van der Waals surface area contributed by atoms with Gasteiger partial charge in [-0.1, -0.05) is 0 Å². The molecule has 0 bridgehead atoms. The second-order valence-electron chi connectivity index (χ2n) is 2.06. The Morgan fingerprint density at radius 1 is 1.50 bits per heavy atom. The Bertz CT molecular complexity index is 297. The van der Waals surface area contributed by atoms with Crippen LogP contribution in [-0.2, 0) is 0 Å². The summed E-state index contributed by atoms with van der Waals surface area (Å²) in [6.07, 6.45) is 2.87. The average molecular weight is 165 g/mol. The van der Waals surface area contributed by atoms with E-state index in [0.717, 1.165) is 0 Å². The van der Waals surface area contributed by atoms with Gasteiger partial charge < -0.3 is 5.73 Å². The minimum Gasteiger partial charge on any atom is -0.351 e. The molecule has 0 unspecified atom stereocenters. The van der Waals surface area contributed by atoms with Crippen LogP contribution in [0.4, 0.5) is 4.79 Å². The van der Waals surface area contributed by atoms with Crippen LogP contribution in [-0.4, -0.2) is 16.9 Å². The van der Waals surface area contributed by atoms with Gasteiger partial charge in [0.15, 0.2) is 0 Å². The van der Waals surface area contributed by atoms with E-state index in [9.17, 15) is 9.59 Å². The highest BCUT2D eigenvalue weighted by Crippen LogP contribution is 1.93. The highest BCUT2D eigenvalue weighted by molar-refractivity contribution is 6.03. The molecule has 0 saturated heterocycles. The molecule has 1 aromatic heterocycles. The van der Waals surface area contributed by atoms with Crippen LogP contribution in [0.5, 0.6) is 0 Å². The number of nitrogens with one attached hydrogen (secondary N) is 1. The van der Waals surface area contributed by atoms with Gasteiger partial charge in [-0.2, -0.15) is 0 Å². The van der Waals surface area contributed by atoms with E-state index in [-0.39, 0.29) is 0 Å². The predicted molar refractivity (Wildman–Crippen MR) is 41.3 cm³/mol. The first kappa shape index (κ1) is 8.19. The van der Waals surface area contributed by atoms with Gasteiger partial charge in [0, 0.05) is 12.4 Å². The van der Waals surface area contributed by atoms with Gasteiger partial charge in [-0.05, 0) is 12.1 Å². The minimum atomic E-state index is -0.871. The Labute approximate surface area is 68.6 Å². The summed E-state index contributed by atoms with van der Waals surface area (Å²) in [5.74, 6) is -0.546. The van der Waals surface area contributed by atoms with E-state index >= 15 is 0 Å². The lowest BCUT2D eigenvalue weighted by Crippen LogP contribution is -2.34. The number of amides is 3. The van der Waals surface area contributed by atoms with E-state index < -0.39 is 11.9 Å². The van der Waals surface area contributed by atoms with Gasteiger partial charge in [0.1, 0.15) is 0 Å². The lowest BCUT2D eigenvalue weighted by molar-refractivity contribution is 0.0966. The number of aromatic nitrogens is 1. The van der Waals surface area contributed by atoms with Crippen molar-refractivity contribution in [2.45, 2.75) is 0 Å². The molecular formula is C7H7N3O2. The molecule has 0 aliphatic carbocycles. The van der Waals surface area contributed by atoms with Crippen molar-refractivity contribution < 1.29 is 9.59 Å². The first-order chi connectivity index (χ1) is 5.70. The van der Waals surface area contributed by atoms with Gasteiger partial charge in [-0.15, -0.1) is 0 Å². The van der Waals surface area contributed by atoms with Gasteiger partial charge in [-0.3, -0.25) is 15.1 Å². The minimum absolute atomic E-state index is 0.302.